The van der Waals surface area contributed by atoms with Crippen LogP contribution in [0.15, 0.2) is 120 Å². The van der Waals surface area contributed by atoms with Crippen LogP contribution in [0.5, 0.6) is 0 Å². The molecule has 0 bridgehead atoms. The van der Waals surface area contributed by atoms with Gasteiger partial charge in [-0.3, -0.25) is 19.2 Å². The highest BCUT2D eigenvalue weighted by Gasteiger charge is 2.37. The van der Waals surface area contributed by atoms with Gasteiger partial charge in [0.2, 0.25) is 0 Å². The second-order valence-electron chi connectivity index (χ2n) is 12.6. The maximum absolute atomic E-state index is 13.2. The predicted molar refractivity (Wildman–Crippen MR) is 170 cm³/mol. The summed E-state index contributed by atoms with van der Waals surface area (Å²) in [5.41, 5.74) is 4.39. The second kappa shape index (κ2) is 10.1. The number of Topliss-reactive ketones (excluding diaryl/α,β-unsaturated/α-hetero) is 4. The molecule has 0 N–H and O–H groups in total. The van der Waals surface area contributed by atoms with Gasteiger partial charge in [-0.25, -0.2) is 0 Å². The van der Waals surface area contributed by atoms with Crippen molar-refractivity contribution < 1.29 is 19.2 Å². The number of fused-ring (bicyclic) bond motifs is 4. The summed E-state index contributed by atoms with van der Waals surface area (Å²) in [5, 5.41) is 3.79. The van der Waals surface area contributed by atoms with Crippen LogP contribution in [0.3, 0.4) is 0 Å². The number of ketones is 4. The molecular formula is C39H30O4. The van der Waals surface area contributed by atoms with Crippen LogP contribution in [0, 0.1) is 11.3 Å². The molecule has 4 aromatic carbocycles. The number of carbonyl (C=O) groups excluding carboxylic acids is 4. The van der Waals surface area contributed by atoms with E-state index in [1.54, 1.807) is 12.2 Å². The normalized spacial score (nSPS) is 19.2. The summed E-state index contributed by atoms with van der Waals surface area (Å²) in [6, 6.07) is 22.8. The van der Waals surface area contributed by atoms with E-state index < -0.39 is 5.92 Å². The molecule has 0 unspecified atom stereocenters. The minimum atomic E-state index is -0.814. The smallest absolute Gasteiger partial charge is 0.197 e. The van der Waals surface area contributed by atoms with Gasteiger partial charge in [0.05, 0.1) is 5.57 Å². The van der Waals surface area contributed by atoms with Gasteiger partial charge in [0.15, 0.2) is 23.1 Å². The summed E-state index contributed by atoms with van der Waals surface area (Å²) >= 11 is 0. The van der Waals surface area contributed by atoms with Gasteiger partial charge in [0.25, 0.3) is 0 Å². The zero-order valence-corrected chi connectivity index (χ0v) is 24.1. The zero-order chi connectivity index (χ0) is 29.9. The van der Waals surface area contributed by atoms with E-state index in [1.807, 2.05) is 84.9 Å². The number of hydrogen-bond acceptors (Lipinski definition) is 4. The molecule has 3 aliphatic carbocycles. The molecular weight excluding hydrogens is 532 g/mol. The van der Waals surface area contributed by atoms with Gasteiger partial charge in [-0.05, 0) is 76.1 Å². The van der Waals surface area contributed by atoms with Crippen molar-refractivity contribution in [2.75, 3.05) is 0 Å². The highest BCUT2D eigenvalue weighted by molar-refractivity contribution is 6.40. The number of carbonyl (C=O) groups is 4. The Bertz CT molecular complexity index is 1940. The van der Waals surface area contributed by atoms with Crippen molar-refractivity contribution in [3.8, 4) is 0 Å². The van der Waals surface area contributed by atoms with Crippen molar-refractivity contribution in [3.05, 3.63) is 142 Å². The quantitative estimate of drug-likeness (QED) is 0.142. The molecule has 0 atom stereocenters. The number of hydrogen-bond donors (Lipinski definition) is 0. The van der Waals surface area contributed by atoms with Gasteiger partial charge in [0, 0.05) is 22.3 Å². The molecule has 3 aliphatic rings. The molecule has 0 amide bonds. The first-order chi connectivity index (χ1) is 20.7. The Morgan fingerprint density at radius 3 is 1.70 bits per heavy atom. The Morgan fingerprint density at radius 2 is 1.19 bits per heavy atom. The lowest BCUT2D eigenvalue weighted by molar-refractivity contribution is 0.0869. The van der Waals surface area contributed by atoms with Crippen LogP contribution in [0.25, 0.3) is 21.5 Å². The summed E-state index contributed by atoms with van der Waals surface area (Å²) in [7, 11) is 0. The van der Waals surface area contributed by atoms with E-state index in [4.69, 9.17) is 0 Å². The SMILES string of the molecule is CC1(C)CC(CC=C2C(=O)c3cc4ccccc4cc3C2=O)=C/C(=C/C=CC2C(=O)c3cc4ccccc4cc3C2=O)C1. The molecule has 4 nitrogen and oxygen atoms in total. The molecule has 0 aliphatic heterocycles. The fraction of sp³-hybridized carbons (Fsp3) is 0.179. The monoisotopic (exact) mass is 562 g/mol. The Morgan fingerprint density at radius 1 is 0.698 bits per heavy atom. The maximum atomic E-state index is 13.2. The van der Waals surface area contributed by atoms with E-state index in [0.29, 0.717) is 28.7 Å². The molecule has 4 heteroatoms. The zero-order valence-electron chi connectivity index (χ0n) is 24.1. The topological polar surface area (TPSA) is 68.3 Å². The van der Waals surface area contributed by atoms with Crippen LogP contribution in [0.4, 0.5) is 0 Å². The molecule has 43 heavy (non-hydrogen) atoms. The Kier molecular flexibility index (Phi) is 6.32. The molecule has 0 aromatic heterocycles. The van der Waals surface area contributed by atoms with Gasteiger partial charge in [-0.1, -0.05) is 98.3 Å². The van der Waals surface area contributed by atoms with Crippen LogP contribution in [0.2, 0.25) is 0 Å². The third-order valence-electron chi connectivity index (χ3n) is 8.81. The van der Waals surface area contributed by atoms with Crippen LogP contribution in [-0.4, -0.2) is 23.1 Å². The van der Waals surface area contributed by atoms with Crippen LogP contribution < -0.4 is 0 Å². The largest absolute Gasteiger partial charge is 0.293 e. The van der Waals surface area contributed by atoms with Crippen LogP contribution in [-0.2, 0) is 0 Å². The first-order valence-electron chi connectivity index (χ1n) is 14.7. The average molecular weight is 563 g/mol. The van der Waals surface area contributed by atoms with E-state index in [-0.39, 0.29) is 34.1 Å². The lowest BCUT2D eigenvalue weighted by Gasteiger charge is -2.31. The molecule has 0 saturated heterocycles. The van der Waals surface area contributed by atoms with Crippen molar-refractivity contribution in [1.82, 2.24) is 0 Å². The number of rotatable bonds is 4. The summed E-state index contributed by atoms with van der Waals surface area (Å²) in [4.78, 5) is 52.7. The standard InChI is InChI=1S/C39H30O4/c1-39(2)21-23(8-7-13-29-35(40)31-17-25-9-3-4-10-26(25)18-32(31)36(29)41)16-24(22-39)14-15-30-37(42)33-19-27-11-5-6-12-28(27)20-34(33)38(30)43/h3-13,15-20,29H,14,21-22H2,1-2H3/b13-7?,23-8-. The third kappa shape index (κ3) is 4.73. The summed E-state index contributed by atoms with van der Waals surface area (Å²) < 4.78 is 0. The van der Waals surface area contributed by atoms with Crippen molar-refractivity contribution in [3.63, 3.8) is 0 Å². The molecule has 210 valence electrons. The van der Waals surface area contributed by atoms with Crippen molar-refractivity contribution in [2.45, 2.75) is 33.1 Å². The Hall–Kier alpha value is -4.96. The lowest BCUT2D eigenvalue weighted by Crippen LogP contribution is -2.17. The minimum Gasteiger partial charge on any atom is -0.293 e. The Balaban J connectivity index is 1.12. The third-order valence-corrected chi connectivity index (χ3v) is 8.81. The Labute approximate surface area is 250 Å². The number of allylic oxidation sites excluding steroid dienone is 8. The van der Waals surface area contributed by atoms with E-state index in [2.05, 4.69) is 19.9 Å². The van der Waals surface area contributed by atoms with Gasteiger partial charge in [-0.2, -0.15) is 0 Å². The van der Waals surface area contributed by atoms with Crippen molar-refractivity contribution in [2.24, 2.45) is 11.3 Å². The maximum Gasteiger partial charge on any atom is 0.197 e. The van der Waals surface area contributed by atoms with Crippen molar-refractivity contribution >= 4 is 44.7 Å². The van der Waals surface area contributed by atoms with Gasteiger partial charge in [-0.15, -0.1) is 0 Å². The highest BCUT2D eigenvalue weighted by Crippen LogP contribution is 2.40. The van der Waals surface area contributed by atoms with E-state index in [0.717, 1.165) is 45.5 Å². The highest BCUT2D eigenvalue weighted by atomic mass is 16.2. The summed E-state index contributed by atoms with van der Waals surface area (Å²) in [5.74, 6) is -1.55. The van der Waals surface area contributed by atoms with Crippen LogP contribution in [0.1, 0.15) is 74.5 Å². The van der Waals surface area contributed by atoms with E-state index in [1.165, 1.54) is 0 Å². The molecule has 4 aromatic rings. The molecule has 7 rings (SSSR count). The van der Waals surface area contributed by atoms with Gasteiger partial charge in [0.1, 0.15) is 5.92 Å². The number of benzene rings is 4. The molecule has 0 saturated carbocycles. The van der Waals surface area contributed by atoms with E-state index >= 15 is 0 Å². The lowest BCUT2D eigenvalue weighted by atomic mass is 9.74. The second-order valence-corrected chi connectivity index (χ2v) is 12.6. The summed E-state index contributed by atoms with van der Waals surface area (Å²) in [6.45, 7) is 4.40. The fourth-order valence-corrected chi connectivity index (χ4v) is 6.83. The molecule has 0 radical (unpaired) electrons. The average Bonchev–Trinajstić information content (AvgIpc) is 3.36. The predicted octanol–water partition coefficient (Wildman–Crippen LogP) is 8.61. The van der Waals surface area contributed by atoms with Crippen molar-refractivity contribution in [1.29, 1.82) is 0 Å². The minimum absolute atomic E-state index is 0.0119. The first-order valence-corrected chi connectivity index (χ1v) is 14.7. The van der Waals surface area contributed by atoms with Crippen LogP contribution >= 0.6 is 0 Å². The molecule has 0 heterocycles. The molecule has 0 spiro atoms. The van der Waals surface area contributed by atoms with E-state index in [9.17, 15) is 19.2 Å². The fourth-order valence-electron chi connectivity index (χ4n) is 6.83. The first kappa shape index (κ1) is 26.9. The van der Waals surface area contributed by atoms with Gasteiger partial charge < -0.3 is 0 Å². The molecule has 0 fully saturated rings. The summed E-state index contributed by atoms with van der Waals surface area (Å²) in [6.07, 6.45) is 11.6. The van der Waals surface area contributed by atoms with Gasteiger partial charge >= 0.3 is 0 Å².